The molecule has 0 radical (unpaired) electrons. The van der Waals surface area contributed by atoms with Crippen molar-refractivity contribution in [2.24, 2.45) is 4.99 Å². The molecule has 0 unspecified atom stereocenters. The molecule has 1 aliphatic heterocycles. The number of ketones is 1. The number of nitrogen functional groups attached to an aromatic ring is 1. The molecule has 2 heterocycles. The van der Waals surface area contributed by atoms with Crippen LogP contribution in [-0.2, 0) is 29.4 Å². The summed E-state index contributed by atoms with van der Waals surface area (Å²) in [6.07, 6.45) is 2.04. The van der Waals surface area contributed by atoms with Crippen molar-refractivity contribution >= 4 is 59.4 Å². The zero-order valence-corrected chi connectivity index (χ0v) is 22.2. The number of nitrogens with one attached hydrogen (secondary N) is 1. The minimum absolute atomic E-state index is 0.0784. The molecule has 1 aromatic carbocycles. The predicted molar refractivity (Wildman–Crippen MR) is 122 cm³/mol. The number of anilines is 2. The number of rotatable bonds is 8. The number of thiazole rings is 1. The number of halogens is 3. The number of aromatic nitrogens is 1. The third kappa shape index (κ3) is 5.99. The van der Waals surface area contributed by atoms with Gasteiger partial charge in [0.05, 0.1) is 5.56 Å². The normalized spacial score (nSPS) is 15.6. The standard InChI is InChI=1S/C19H18ClF2N5O3S2.W/c1-11(9-24-10-20)32(29,30)27-7-5-12(6-8-27)25-19-26-18(23)17(31-19)16(28)15-13(21)3-2-4-14(15)22;/h2-4,9,12H,1,5-8,23H2,(H,25,26);. The van der Waals surface area contributed by atoms with Gasteiger partial charge in [-0.25, -0.2) is 8.78 Å². The first-order valence-electron chi connectivity index (χ1n) is 9.45. The van der Waals surface area contributed by atoms with Crippen molar-refractivity contribution in [2.45, 2.75) is 18.9 Å². The van der Waals surface area contributed by atoms with Gasteiger partial charge in [0, 0.05) is 0 Å². The van der Waals surface area contributed by atoms with E-state index in [1.807, 2.05) is 0 Å². The third-order valence-electron chi connectivity index (χ3n) is 4.81. The summed E-state index contributed by atoms with van der Waals surface area (Å²) in [5, 5.41) is 3.42. The zero-order chi connectivity index (χ0) is 24.3. The number of nitrogens with two attached hydrogens (primary N) is 1. The molecule has 3 rings (SSSR count). The molecule has 0 atom stereocenters. The summed E-state index contributed by atoms with van der Waals surface area (Å²) in [6.45, 7) is 4.02. The van der Waals surface area contributed by atoms with Crippen molar-refractivity contribution in [2.75, 3.05) is 24.1 Å². The Morgan fingerprint density at radius 3 is 2.55 bits per heavy atom. The molecule has 1 fully saturated rings. The molecule has 0 spiro atoms. The van der Waals surface area contributed by atoms with E-state index in [1.54, 1.807) is 0 Å². The first kappa shape index (κ1) is 25.8. The first-order chi connectivity index (χ1) is 15.5. The molecular formula is C19H18ClF2N5O3S2W. The van der Waals surface area contributed by atoms with Gasteiger partial charge in [0.25, 0.3) is 0 Å². The number of sulfonamides is 1. The quantitative estimate of drug-likeness (QED) is 0.251. The number of nitrogens with zero attached hydrogens (tertiary/aromatic N) is 3. The van der Waals surface area contributed by atoms with Gasteiger partial charge in [-0.3, -0.25) is 4.79 Å². The van der Waals surface area contributed by atoms with Crippen LogP contribution in [0.5, 0.6) is 0 Å². The number of aliphatic imine (C=N–C) groups is 1. The molecule has 0 amide bonds. The Kier molecular flexibility index (Phi) is 8.28. The molecule has 3 N–H and O–H groups in total. The molecule has 1 saturated heterocycles. The van der Waals surface area contributed by atoms with E-state index in [2.05, 4.69) is 21.9 Å². The van der Waals surface area contributed by atoms with Crippen molar-refractivity contribution in [3.05, 3.63) is 51.8 Å². The second-order valence-electron chi connectivity index (χ2n) is 6.96. The van der Waals surface area contributed by atoms with E-state index >= 15 is 0 Å². The third-order valence-corrected chi connectivity index (χ3v) is 8.10. The number of carbonyl (C=O) groups excluding carboxylic acids is 1. The molecule has 33 heavy (non-hydrogen) atoms. The zero-order valence-electron chi connectivity index (χ0n) is 16.9. The van der Waals surface area contributed by atoms with Crippen molar-refractivity contribution in [3.8, 4) is 0 Å². The molecule has 1 aromatic heterocycles. The van der Waals surface area contributed by atoms with Crippen LogP contribution in [0.25, 0.3) is 0 Å². The molecule has 0 saturated carbocycles. The van der Waals surface area contributed by atoms with Crippen LogP contribution in [-0.4, -0.2) is 52.3 Å². The molecule has 8 nitrogen and oxygen atoms in total. The molecule has 176 valence electrons. The topological polar surface area (TPSA) is 118 Å². The minimum atomic E-state index is -3.76. The second kappa shape index (κ2) is 10.6. The second-order valence-corrected chi connectivity index (χ2v) is 12.6. The summed E-state index contributed by atoms with van der Waals surface area (Å²) >= 11 is 7.46. The fourth-order valence-corrected chi connectivity index (χ4v) is 5.51. The van der Waals surface area contributed by atoms with E-state index in [-0.39, 0.29) is 38.2 Å². The SMILES string of the molecule is C=C(C=N[C](Cl)=[W])S(=O)(=O)N1CCC(Nc2nc(N)c(C(=O)c3c(F)cccc3F)s2)CC1. The Balaban J connectivity index is 1.66. The summed E-state index contributed by atoms with van der Waals surface area (Å²) in [5.41, 5.74) is 5.13. The van der Waals surface area contributed by atoms with Crippen LogP contribution in [0, 0.1) is 11.6 Å². The Morgan fingerprint density at radius 2 is 1.97 bits per heavy atom. The summed E-state index contributed by atoms with van der Waals surface area (Å²) in [4.78, 5) is 20.3. The number of allylic oxidation sites excluding steroid dienone is 1. The van der Waals surface area contributed by atoms with E-state index in [0.29, 0.717) is 18.0 Å². The van der Waals surface area contributed by atoms with E-state index < -0.39 is 33.0 Å². The average Bonchev–Trinajstić information content (AvgIpc) is 3.12. The Morgan fingerprint density at radius 1 is 1.36 bits per heavy atom. The van der Waals surface area contributed by atoms with E-state index in [0.717, 1.165) is 55.1 Å². The number of hydrogen-bond donors (Lipinski definition) is 2. The van der Waals surface area contributed by atoms with Gasteiger partial charge in [-0.2, -0.15) is 0 Å². The summed E-state index contributed by atoms with van der Waals surface area (Å²) in [5.74, 6) is -2.99. The maximum atomic E-state index is 14.0. The predicted octanol–water partition coefficient (Wildman–Crippen LogP) is 2.90. The van der Waals surface area contributed by atoms with Crippen molar-refractivity contribution in [1.29, 1.82) is 0 Å². The van der Waals surface area contributed by atoms with Crippen LogP contribution in [0.15, 0.2) is 34.7 Å². The van der Waals surface area contributed by atoms with Gasteiger partial charge >= 0.3 is 139 Å². The fraction of sp³-hybridized carbons (Fsp3) is 0.263. The maximum absolute atomic E-state index is 14.0. The van der Waals surface area contributed by atoms with Gasteiger partial charge < -0.3 is 5.73 Å². The van der Waals surface area contributed by atoms with Crippen molar-refractivity contribution in [1.82, 2.24) is 9.29 Å². The fourth-order valence-electron chi connectivity index (χ4n) is 3.15. The Bertz CT molecular complexity index is 1220. The van der Waals surface area contributed by atoms with Crippen LogP contribution >= 0.6 is 22.9 Å². The van der Waals surface area contributed by atoms with Gasteiger partial charge in [-0.15, -0.1) is 0 Å². The summed E-state index contributed by atoms with van der Waals surface area (Å²) in [6, 6.07) is 3.01. The Labute approximate surface area is 209 Å². The Hall–Kier alpha value is -1.85. The van der Waals surface area contributed by atoms with Crippen LogP contribution in [0.4, 0.5) is 19.7 Å². The van der Waals surface area contributed by atoms with Gasteiger partial charge in [0.1, 0.15) is 22.3 Å². The molecule has 0 aliphatic carbocycles. The summed E-state index contributed by atoms with van der Waals surface area (Å²) in [7, 11) is -3.76. The van der Waals surface area contributed by atoms with Gasteiger partial charge in [-0.05, 0) is 12.1 Å². The van der Waals surface area contributed by atoms with Crippen LogP contribution in [0.1, 0.15) is 28.1 Å². The molecular weight excluding hydrogens is 668 g/mol. The molecule has 1 aliphatic rings. The number of carbonyl (C=O) groups is 1. The average molecular weight is 686 g/mol. The number of benzene rings is 1. The van der Waals surface area contributed by atoms with E-state index in [9.17, 15) is 22.0 Å². The summed E-state index contributed by atoms with van der Waals surface area (Å²) < 4.78 is 54.8. The first-order valence-corrected chi connectivity index (χ1v) is 13.5. The van der Waals surface area contributed by atoms with Crippen LogP contribution in [0.3, 0.4) is 0 Å². The van der Waals surface area contributed by atoms with Crippen LogP contribution in [0.2, 0.25) is 0 Å². The van der Waals surface area contributed by atoms with E-state index in [1.165, 1.54) is 4.31 Å². The number of piperidine rings is 1. The molecule has 2 aromatic rings. The van der Waals surface area contributed by atoms with Gasteiger partial charge in [0.2, 0.25) is 5.78 Å². The monoisotopic (exact) mass is 685 g/mol. The van der Waals surface area contributed by atoms with Gasteiger partial charge in [0.15, 0.2) is 0 Å². The van der Waals surface area contributed by atoms with Crippen molar-refractivity contribution < 1.29 is 41.3 Å². The molecule has 14 heteroatoms. The molecule has 0 bridgehead atoms. The van der Waals surface area contributed by atoms with Crippen molar-refractivity contribution in [3.63, 3.8) is 0 Å². The van der Waals surface area contributed by atoms with Gasteiger partial charge in [-0.1, -0.05) is 6.07 Å². The van der Waals surface area contributed by atoms with Crippen LogP contribution < -0.4 is 11.1 Å². The number of hydrogen-bond acceptors (Lipinski definition) is 8. The van der Waals surface area contributed by atoms with E-state index in [4.69, 9.17) is 17.3 Å².